The molecule has 12 heteroatoms. The van der Waals surface area contributed by atoms with E-state index in [2.05, 4.69) is 11.9 Å². The second kappa shape index (κ2) is 11.2. The number of aliphatic hydroxyl groups excluding tert-OH is 1. The van der Waals surface area contributed by atoms with Crippen LogP contribution in [-0.2, 0) is 23.7 Å². The van der Waals surface area contributed by atoms with Crippen LogP contribution in [0.25, 0.3) is 0 Å². The fraction of sp³-hybridized carbons (Fsp3) is 0.550. The molecule has 0 saturated carbocycles. The van der Waals surface area contributed by atoms with Crippen LogP contribution in [0.15, 0.2) is 36.9 Å². The lowest BCUT2D eigenvalue weighted by Gasteiger charge is -2.47. The van der Waals surface area contributed by atoms with Crippen molar-refractivity contribution in [1.82, 2.24) is 5.32 Å². The summed E-state index contributed by atoms with van der Waals surface area (Å²) in [6.45, 7) is 3.35. The lowest BCUT2D eigenvalue weighted by atomic mass is 9.96. The zero-order valence-electron chi connectivity index (χ0n) is 17.1. The molecule has 2 fully saturated rings. The molecule has 0 bridgehead atoms. The highest BCUT2D eigenvalue weighted by Gasteiger charge is 2.50. The number of benzene rings is 1. The van der Waals surface area contributed by atoms with E-state index in [4.69, 9.17) is 63.2 Å². The van der Waals surface area contributed by atoms with Crippen LogP contribution in [0, 0.1) is 0 Å². The van der Waals surface area contributed by atoms with Crippen molar-refractivity contribution < 1.29 is 38.3 Å². The largest absolute Gasteiger partial charge is 0.497 e. The summed E-state index contributed by atoms with van der Waals surface area (Å²) in [5.74, 6) is 0.684. The highest BCUT2D eigenvalue weighted by atomic mass is 35.6. The first kappa shape index (κ1) is 25.3. The van der Waals surface area contributed by atoms with E-state index in [-0.39, 0.29) is 13.2 Å². The normalized spacial score (nSPS) is 30.2. The zero-order valence-corrected chi connectivity index (χ0v) is 19.4. The number of carbonyl (C=O) groups excluding carboxylic acids is 1. The van der Waals surface area contributed by atoms with Crippen molar-refractivity contribution in [3.8, 4) is 5.75 Å². The van der Waals surface area contributed by atoms with Gasteiger partial charge in [0.25, 0.3) is 0 Å². The van der Waals surface area contributed by atoms with Crippen molar-refractivity contribution in [2.75, 3.05) is 26.9 Å². The molecule has 0 radical (unpaired) electrons. The number of nitrogens with one attached hydrogen (secondary N) is 1. The van der Waals surface area contributed by atoms with E-state index in [0.717, 1.165) is 5.56 Å². The summed E-state index contributed by atoms with van der Waals surface area (Å²) in [5.41, 5.74) is 0.730. The number of alkyl carbamates (subject to hydrolysis) is 1. The number of amides is 1. The molecule has 1 amide bonds. The maximum atomic E-state index is 12.2. The summed E-state index contributed by atoms with van der Waals surface area (Å²) in [6, 6.07) is 6.09. The van der Waals surface area contributed by atoms with Crippen LogP contribution in [0.3, 0.4) is 0 Å². The lowest BCUT2D eigenvalue weighted by Crippen LogP contribution is -2.66. The van der Waals surface area contributed by atoms with Gasteiger partial charge in [0.1, 0.15) is 36.7 Å². The minimum absolute atomic E-state index is 0.117. The van der Waals surface area contributed by atoms with Crippen LogP contribution in [0.4, 0.5) is 4.79 Å². The third-order valence-corrected chi connectivity index (χ3v) is 5.11. The number of alkyl halides is 3. The van der Waals surface area contributed by atoms with Gasteiger partial charge < -0.3 is 38.8 Å². The van der Waals surface area contributed by atoms with Gasteiger partial charge in [-0.05, 0) is 12.1 Å². The molecule has 1 unspecified atom stereocenters. The molecule has 0 aromatic heterocycles. The minimum atomic E-state index is -1.78. The van der Waals surface area contributed by atoms with Crippen LogP contribution >= 0.6 is 34.8 Å². The summed E-state index contributed by atoms with van der Waals surface area (Å²) in [4.78, 5) is 12.2. The molecule has 2 aliphatic rings. The number of hydrogen-bond donors (Lipinski definition) is 2. The van der Waals surface area contributed by atoms with E-state index >= 15 is 0 Å². The van der Waals surface area contributed by atoms with E-state index < -0.39 is 53.4 Å². The van der Waals surface area contributed by atoms with Crippen molar-refractivity contribution in [3.63, 3.8) is 0 Å². The van der Waals surface area contributed by atoms with Gasteiger partial charge in [-0.2, -0.15) is 0 Å². The van der Waals surface area contributed by atoms with Crippen LogP contribution < -0.4 is 10.1 Å². The van der Waals surface area contributed by atoms with Gasteiger partial charge in [0, 0.05) is 5.56 Å². The first-order valence-electron chi connectivity index (χ1n) is 9.69. The first-order valence-corrected chi connectivity index (χ1v) is 10.8. The second-order valence-electron chi connectivity index (χ2n) is 7.06. The van der Waals surface area contributed by atoms with E-state index in [1.807, 2.05) is 0 Å². The van der Waals surface area contributed by atoms with Crippen molar-refractivity contribution in [2.24, 2.45) is 0 Å². The average Bonchev–Trinajstić information content (AvgIpc) is 2.78. The number of halogens is 3. The Hall–Kier alpha value is -1.30. The molecule has 9 nitrogen and oxygen atoms in total. The molecule has 0 aliphatic carbocycles. The molecule has 178 valence electrons. The van der Waals surface area contributed by atoms with E-state index in [9.17, 15) is 9.90 Å². The van der Waals surface area contributed by atoms with E-state index in [1.165, 1.54) is 6.08 Å². The van der Waals surface area contributed by atoms with Gasteiger partial charge in [-0.15, -0.1) is 6.58 Å². The van der Waals surface area contributed by atoms with Gasteiger partial charge in [0.2, 0.25) is 3.79 Å². The summed E-state index contributed by atoms with van der Waals surface area (Å²) >= 11 is 16.8. The van der Waals surface area contributed by atoms with E-state index in [1.54, 1.807) is 31.4 Å². The van der Waals surface area contributed by atoms with Crippen LogP contribution in [-0.4, -0.2) is 72.6 Å². The maximum Gasteiger partial charge on any atom is 0.407 e. The smallest absolute Gasteiger partial charge is 0.407 e. The van der Waals surface area contributed by atoms with Crippen LogP contribution in [0.2, 0.25) is 0 Å². The molecule has 1 aromatic carbocycles. The standard InChI is InChI=1S/C20H24Cl3NO8/c1-3-8-28-18-14(24-19(26)30-10-20(21,22)23)15(25)16-13(31-18)9-29-17(32-16)11-4-6-12(27-2)7-5-11/h3-7,13-18,25H,1,8-10H2,2H3,(H,24,26)/t13-,14-,15-,16-,17?,18+/m1/s1. The van der Waals surface area contributed by atoms with E-state index in [0.29, 0.717) is 5.75 Å². The van der Waals surface area contributed by atoms with Gasteiger partial charge in [0.05, 0.1) is 20.3 Å². The first-order chi connectivity index (χ1) is 15.2. The molecule has 2 N–H and O–H groups in total. The molecule has 32 heavy (non-hydrogen) atoms. The summed E-state index contributed by atoms with van der Waals surface area (Å²) < 4.78 is 31.5. The fourth-order valence-electron chi connectivity index (χ4n) is 3.31. The molecule has 2 saturated heterocycles. The molecule has 6 atom stereocenters. The Balaban J connectivity index is 1.71. The Morgan fingerprint density at radius 2 is 2.03 bits per heavy atom. The number of methoxy groups -OCH3 is 1. The number of hydrogen-bond acceptors (Lipinski definition) is 8. The van der Waals surface area contributed by atoms with Crippen molar-refractivity contribution in [3.05, 3.63) is 42.5 Å². The lowest BCUT2D eigenvalue weighted by molar-refractivity contribution is -0.342. The maximum absolute atomic E-state index is 12.2. The Labute approximate surface area is 200 Å². The van der Waals surface area contributed by atoms with Gasteiger partial charge >= 0.3 is 6.09 Å². The van der Waals surface area contributed by atoms with Crippen molar-refractivity contribution in [1.29, 1.82) is 0 Å². The van der Waals surface area contributed by atoms with Gasteiger partial charge in [-0.1, -0.05) is 53.0 Å². The monoisotopic (exact) mass is 511 g/mol. The Morgan fingerprint density at radius 1 is 1.31 bits per heavy atom. The number of aliphatic hydroxyl groups is 1. The zero-order chi connectivity index (χ0) is 23.3. The molecule has 3 rings (SSSR count). The van der Waals surface area contributed by atoms with Crippen molar-refractivity contribution >= 4 is 40.9 Å². The van der Waals surface area contributed by atoms with Gasteiger partial charge in [-0.3, -0.25) is 0 Å². The fourth-order valence-corrected chi connectivity index (χ4v) is 3.47. The number of rotatable bonds is 7. The molecular formula is C20H24Cl3NO8. The predicted octanol–water partition coefficient (Wildman–Crippen LogP) is 2.86. The third-order valence-electron chi connectivity index (χ3n) is 4.78. The summed E-state index contributed by atoms with van der Waals surface area (Å²) in [6.07, 6.45) is -3.85. The summed E-state index contributed by atoms with van der Waals surface area (Å²) in [5, 5.41) is 13.5. The topological polar surface area (TPSA) is 105 Å². The average molecular weight is 513 g/mol. The van der Waals surface area contributed by atoms with Gasteiger partial charge in [-0.25, -0.2) is 4.79 Å². The van der Waals surface area contributed by atoms with Crippen LogP contribution in [0.1, 0.15) is 11.9 Å². The Morgan fingerprint density at radius 3 is 2.66 bits per heavy atom. The molecule has 0 spiro atoms. The highest BCUT2D eigenvalue weighted by Crippen LogP contribution is 2.35. The van der Waals surface area contributed by atoms with Crippen molar-refractivity contribution in [2.45, 2.75) is 40.7 Å². The molecule has 1 aromatic rings. The number of fused-ring (bicyclic) bond motifs is 1. The Bertz CT molecular complexity index is 775. The third kappa shape index (κ3) is 6.61. The molecule has 2 heterocycles. The Kier molecular flexibility index (Phi) is 8.88. The highest BCUT2D eigenvalue weighted by molar-refractivity contribution is 6.67. The minimum Gasteiger partial charge on any atom is -0.497 e. The van der Waals surface area contributed by atoms with Crippen LogP contribution in [0.5, 0.6) is 5.75 Å². The van der Waals surface area contributed by atoms with Gasteiger partial charge in [0.15, 0.2) is 12.6 Å². The molecule has 2 aliphatic heterocycles. The molecular weight excluding hydrogens is 489 g/mol. The SMILES string of the molecule is C=CCO[C@H]1O[C@@H]2COC(c3ccc(OC)cc3)O[C@H]2[C@H](O)[C@H]1NC(=O)OCC(Cl)(Cl)Cl. The quantitative estimate of drug-likeness (QED) is 0.425. The number of carbonyl (C=O) groups is 1. The summed E-state index contributed by atoms with van der Waals surface area (Å²) in [7, 11) is 1.57. The second-order valence-corrected chi connectivity index (χ2v) is 9.57. The number of ether oxygens (including phenoxy) is 6. The predicted molar refractivity (Wildman–Crippen MR) is 116 cm³/mol.